The van der Waals surface area contributed by atoms with Crippen LogP contribution in [0.25, 0.3) is 79.4 Å². The van der Waals surface area contributed by atoms with Crippen LogP contribution in [0.3, 0.4) is 0 Å². The Labute approximate surface area is 340 Å². The fraction of sp³-hybridized carbons (Fsp3) is 0.0185. The van der Waals surface area contributed by atoms with E-state index in [0.29, 0.717) is 17.5 Å². The van der Waals surface area contributed by atoms with E-state index in [1.807, 2.05) is 54.6 Å². The molecule has 0 saturated carbocycles. The van der Waals surface area contributed by atoms with Crippen molar-refractivity contribution in [3.05, 3.63) is 221 Å². The fourth-order valence-corrected chi connectivity index (χ4v) is 9.13. The lowest BCUT2D eigenvalue weighted by Gasteiger charge is -2.42. The quantitative estimate of drug-likeness (QED) is 0.179. The number of hydrogen-bond acceptors (Lipinski definition) is 5. The minimum atomic E-state index is -0.801. The molecule has 1 spiro atoms. The second-order valence-corrected chi connectivity index (χ2v) is 15.1. The molecule has 2 aliphatic rings. The van der Waals surface area contributed by atoms with Crippen LogP contribution >= 0.6 is 0 Å². The maximum absolute atomic E-state index is 6.89. The normalized spacial score (nSPS) is 14.9. The second kappa shape index (κ2) is 13.1. The molecule has 0 bridgehead atoms. The molecule has 12 rings (SSSR count). The van der Waals surface area contributed by atoms with Gasteiger partial charge in [-0.15, -0.1) is 0 Å². The molecule has 1 aliphatic heterocycles. The maximum atomic E-state index is 6.89. The van der Waals surface area contributed by atoms with Crippen LogP contribution < -0.4 is 4.74 Å². The molecule has 1 atom stereocenters. The Morgan fingerprint density at radius 2 is 0.949 bits per heavy atom. The monoisotopic (exact) mass is 755 g/mol. The smallest absolute Gasteiger partial charge is 0.164 e. The highest BCUT2D eigenvalue weighted by molar-refractivity contribution is 6.06. The van der Waals surface area contributed by atoms with Crippen molar-refractivity contribution >= 4 is 34.1 Å². The average molecular weight is 756 g/mol. The van der Waals surface area contributed by atoms with Crippen molar-refractivity contribution in [1.82, 2.24) is 15.0 Å². The summed E-state index contributed by atoms with van der Waals surface area (Å²) in [6.45, 7) is 0. The molecule has 1 aliphatic carbocycles. The Morgan fingerprint density at radius 3 is 1.76 bits per heavy atom. The van der Waals surface area contributed by atoms with E-state index in [1.54, 1.807) is 0 Å². The number of benzene rings is 8. The van der Waals surface area contributed by atoms with Crippen molar-refractivity contribution in [3.63, 3.8) is 0 Å². The molecular formula is C54H33N3O2. The average Bonchev–Trinajstić information content (AvgIpc) is 3.60. The van der Waals surface area contributed by atoms with Crippen LogP contribution in [-0.4, -0.2) is 15.0 Å². The molecule has 0 saturated heterocycles. The largest absolute Gasteiger partial charge is 0.457 e. The molecule has 276 valence electrons. The summed E-state index contributed by atoms with van der Waals surface area (Å²) in [5.74, 6) is 3.41. The van der Waals surface area contributed by atoms with Gasteiger partial charge in [-0.05, 0) is 69.8 Å². The molecule has 5 nitrogen and oxygen atoms in total. The Balaban J connectivity index is 1.13. The number of ether oxygens (including phenoxy) is 1. The summed E-state index contributed by atoms with van der Waals surface area (Å²) in [7, 11) is 0. The summed E-state index contributed by atoms with van der Waals surface area (Å²) >= 11 is 0. The van der Waals surface area contributed by atoms with Crippen LogP contribution in [0.4, 0.5) is 0 Å². The van der Waals surface area contributed by atoms with Gasteiger partial charge in [0.15, 0.2) is 17.5 Å². The number of para-hydroxylation sites is 2. The second-order valence-electron chi connectivity index (χ2n) is 15.1. The first kappa shape index (κ1) is 33.3. The molecule has 2 aromatic heterocycles. The summed E-state index contributed by atoms with van der Waals surface area (Å²) in [6, 6.07) is 65.3. The van der Waals surface area contributed by atoms with Gasteiger partial charge in [0.05, 0.1) is 5.41 Å². The van der Waals surface area contributed by atoms with Gasteiger partial charge in [0.25, 0.3) is 0 Å². The van der Waals surface area contributed by atoms with Gasteiger partial charge in [-0.1, -0.05) is 164 Å². The van der Waals surface area contributed by atoms with E-state index in [9.17, 15) is 0 Å². The standard InChI is InChI=1S/C54H33N3O2/c1-3-14-34(15-4-1)38-19-13-20-39(30-38)52-55-51(37-17-5-2-6-18-37)56-53(57-52)40-29-28-36-27-26-35-16-7-9-22-43(35)54(45(36)31-40)44-23-10-12-25-48(44)59-50-32-42-41-21-8-11-24-47(41)58-49(42)33-46(50)54/h1-33H. The van der Waals surface area contributed by atoms with Gasteiger partial charge in [0.1, 0.15) is 22.7 Å². The van der Waals surface area contributed by atoms with Crippen molar-refractivity contribution in [2.75, 3.05) is 0 Å². The summed E-state index contributed by atoms with van der Waals surface area (Å²) in [6.07, 6.45) is 4.46. The van der Waals surface area contributed by atoms with Gasteiger partial charge in [0, 0.05) is 38.6 Å². The Morgan fingerprint density at radius 1 is 0.339 bits per heavy atom. The van der Waals surface area contributed by atoms with Crippen molar-refractivity contribution in [2.24, 2.45) is 0 Å². The first-order chi connectivity index (χ1) is 29.2. The highest BCUT2D eigenvalue weighted by Crippen LogP contribution is 2.59. The predicted octanol–water partition coefficient (Wildman–Crippen LogP) is 13.4. The van der Waals surface area contributed by atoms with Crippen LogP contribution in [0.5, 0.6) is 11.5 Å². The van der Waals surface area contributed by atoms with Gasteiger partial charge in [0.2, 0.25) is 0 Å². The molecule has 8 aromatic carbocycles. The zero-order chi connectivity index (χ0) is 38.9. The van der Waals surface area contributed by atoms with E-state index >= 15 is 0 Å². The highest BCUT2D eigenvalue weighted by atomic mass is 16.5. The zero-order valence-electron chi connectivity index (χ0n) is 31.7. The van der Waals surface area contributed by atoms with Gasteiger partial charge < -0.3 is 9.15 Å². The topological polar surface area (TPSA) is 61.0 Å². The number of aromatic nitrogens is 3. The van der Waals surface area contributed by atoms with E-state index in [2.05, 4.69) is 146 Å². The summed E-state index contributed by atoms with van der Waals surface area (Å²) < 4.78 is 13.5. The SMILES string of the molecule is C1=Cc2ccc(-c3nc(-c4ccccc4)nc(-c4cccc(-c5ccccc5)c4)n3)cc2C2(c3ccccc31)c1ccccc1Oc1cc3c(cc12)oc1ccccc13. The van der Waals surface area contributed by atoms with Gasteiger partial charge in [-0.3, -0.25) is 0 Å². The Kier molecular flexibility index (Phi) is 7.38. The summed E-state index contributed by atoms with van der Waals surface area (Å²) in [4.78, 5) is 15.6. The first-order valence-electron chi connectivity index (χ1n) is 19.8. The lowest BCUT2D eigenvalue weighted by Crippen LogP contribution is -2.35. The number of furan rings is 1. The van der Waals surface area contributed by atoms with Crippen molar-refractivity contribution < 1.29 is 9.15 Å². The molecule has 3 heterocycles. The third-order valence-corrected chi connectivity index (χ3v) is 11.8. The molecule has 0 amide bonds. The third kappa shape index (κ3) is 5.22. The molecule has 5 heteroatoms. The number of nitrogens with zero attached hydrogens (tertiary/aromatic N) is 3. The molecule has 0 radical (unpaired) electrons. The van der Waals surface area contributed by atoms with Crippen molar-refractivity contribution in [1.29, 1.82) is 0 Å². The lowest BCUT2D eigenvalue weighted by atomic mass is 9.62. The van der Waals surface area contributed by atoms with Crippen molar-refractivity contribution in [3.8, 4) is 56.8 Å². The van der Waals surface area contributed by atoms with E-state index in [4.69, 9.17) is 24.1 Å². The Hall–Kier alpha value is -7.89. The molecule has 10 aromatic rings. The fourth-order valence-electron chi connectivity index (χ4n) is 9.13. The van der Waals surface area contributed by atoms with Gasteiger partial charge in [-0.25, -0.2) is 15.0 Å². The summed E-state index contributed by atoms with van der Waals surface area (Å²) in [5, 5.41) is 2.08. The minimum absolute atomic E-state index is 0.590. The first-order valence-corrected chi connectivity index (χ1v) is 19.8. The maximum Gasteiger partial charge on any atom is 0.164 e. The minimum Gasteiger partial charge on any atom is -0.457 e. The lowest BCUT2D eigenvalue weighted by molar-refractivity contribution is 0.435. The zero-order valence-corrected chi connectivity index (χ0v) is 31.7. The van der Waals surface area contributed by atoms with E-state index < -0.39 is 5.41 Å². The van der Waals surface area contributed by atoms with E-state index in [1.165, 1.54) is 0 Å². The predicted molar refractivity (Wildman–Crippen MR) is 236 cm³/mol. The number of hydrogen-bond donors (Lipinski definition) is 0. The third-order valence-electron chi connectivity index (χ3n) is 11.8. The molecular weight excluding hydrogens is 723 g/mol. The van der Waals surface area contributed by atoms with Crippen LogP contribution in [0.15, 0.2) is 192 Å². The number of rotatable bonds is 4. The van der Waals surface area contributed by atoms with Crippen LogP contribution in [0, 0.1) is 0 Å². The Bertz CT molecular complexity index is 3310. The molecule has 59 heavy (non-hydrogen) atoms. The van der Waals surface area contributed by atoms with Crippen LogP contribution in [0.1, 0.15) is 33.4 Å². The van der Waals surface area contributed by atoms with E-state index in [-0.39, 0.29) is 0 Å². The van der Waals surface area contributed by atoms with Crippen molar-refractivity contribution in [2.45, 2.75) is 5.41 Å². The van der Waals surface area contributed by atoms with Gasteiger partial charge >= 0.3 is 0 Å². The number of fused-ring (bicyclic) bond motifs is 11. The van der Waals surface area contributed by atoms with E-state index in [0.717, 1.165) is 94.6 Å². The molecule has 1 unspecified atom stereocenters. The summed E-state index contributed by atoms with van der Waals surface area (Å²) in [5.41, 5.74) is 12.3. The molecule has 0 fully saturated rings. The highest BCUT2D eigenvalue weighted by Gasteiger charge is 2.48. The van der Waals surface area contributed by atoms with Gasteiger partial charge in [-0.2, -0.15) is 0 Å². The van der Waals surface area contributed by atoms with Crippen LogP contribution in [-0.2, 0) is 5.41 Å². The molecule has 0 N–H and O–H groups in total. The van der Waals surface area contributed by atoms with Crippen LogP contribution in [0.2, 0.25) is 0 Å².